The molecule has 148 valence electrons. The second-order valence-electron chi connectivity index (χ2n) is 7.02. The van der Waals surface area contributed by atoms with Crippen LogP contribution in [0.15, 0.2) is 18.2 Å². The van der Waals surface area contributed by atoms with Gasteiger partial charge in [-0.05, 0) is 48.9 Å². The van der Waals surface area contributed by atoms with Gasteiger partial charge in [-0.3, -0.25) is 20.4 Å². The summed E-state index contributed by atoms with van der Waals surface area (Å²) >= 11 is 1.50. The summed E-state index contributed by atoms with van der Waals surface area (Å²) in [6, 6.07) is 5.06. The minimum Gasteiger partial charge on any atom is -0.493 e. The van der Waals surface area contributed by atoms with Crippen molar-refractivity contribution < 1.29 is 23.8 Å². The summed E-state index contributed by atoms with van der Waals surface area (Å²) in [7, 11) is 1.50. The van der Waals surface area contributed by atoms with E-state index in [1.165, 1.54) is 28.9 Å². The van der Waals surface area contributed by atoms with Crippen LogP contribution in [0, 0.1) is 5.92 Å². The normalized spacial score (nSPS) is 17.4. The maximum atomic E-state index is 12.5. The maximum Gasteiger partial charge on any atom is 0.279 e. The molecule has 0 radical (unpaired) electrons. The van der Waals surface area contributed by atoms with E-state index in [0.29, 0.717) is 46.8 Å². The van der Waals surface area contributed by atoms with Gasteiger partial charge in [-0.25, -0.2) is 0 Å². The molecule has 1 aliphatic carbocycles. The van der Waals surface area contributed by atoms with Crippen molar-refractivity contribution in [2.45, 2.75) is 26.2 Å². The number of rotatable bonds is 3. The zero-order chi connectivity index (χ0) is 19.7. The average molecular weight is 402 g/mol. The fraction of sp³-hybridized carbons (Fsp3) is 0.400. The van der Waals surface area contributed by atoms with Gasteiger partial charge in [0.25, 0.3) is 11.8 Å². The Morgan fingerprint density at radius 1 is 1.14 bits per heavy atom. The predicted molar refractivity (Wildman–Crippen MR) is 104 cm³/mol. The topological polar surface area (TPSA) is 85.9 Å². The molecule has 1 atom stereocenters. The van der Waals surface area contributed by atoms with Crippen LogP contribution in [0.25, 0.3) is 0 Å². The molecule has 1 aliphatic heterocycles. The van der Waals surface area contributed by atoms with Crippen LogP contribution in [0.5, 0.6) is 17.2 Å². The van der Waals surface area contributed by atoms with E-state index >= 15 is 0 Å². The molecule has 0 fully saturated rings. The highest BCUT2D eigenvalue weighted by Crippen LogP contribution is 2.40. The number of fused-ring (bicyclic) bond motifs is 2. The predicted octanol–water partition coefficient (Wildman–Crippen LogP) is 2.73. The van der Waals surface area contributed by atoms with E-state index < -0.39 is 5.91 Å². The Balaban J connectivity index is 1.44. The number of carbonyl (C=O) groups excluding carboxylic acids is 2. The van der Waals surface area contributed by atoms with Crippen molar-refractivity contribution in [2.75, 3.05) is 20.3 Å². The molecule has 2 heterocycles. The van der Waals surface area contributed by atoms with Crippen molar-refractivity contribution in [1.29, 1.82) is 0 Å². The van der Waals surface area contributed by atoms with E-state index in [9.17, 15) is 9.59 Å². The average Bonchev–Trinajstić information content (AvgIpc) is 3.14. The van der Waals surface area contributed by atoms with Gasteiger partial charge in [-0.2, -0.15) is 0 Å². The Morgan fingerprint density at radius 3 is 2.75 bits per heavy atom. The Bertz CT molecular complexity index is 906. The van der Waals surface area contributed by atoms with Crippen molar-refractivity contribution in [3.05, 3.63) is 39.1 Å². The van der Waals surface area contributed by atoms with Crippen molar-refractivity contribution in [2.24, 2.45) is 5.92 Å². The van der Waals surface area contributed by atoms with E-state index in [2.05, 4.69) is 17.8 Å². The highest BCUT2D eigenvalue weighted by atomic mass is 32.1. The van der Waals surface area contributed by atoms with Crippen LogP contribution >= 0.6 is 11.3 Å². The lowest BCUT2D eigenvalue weighted by molar-refractivity contribution is 0.0848. The van der Waals surface area contributed by atoms with E-state index in [-0.39, 0.29) is 5.91 Å². The molecule has 8 heteroatoms. The van der Waals surface area contributed by atoms with Gasteiger partial charge in [0.15, 0.2) is 11.5 Å². The van der Waals surface area contributed by atoms with Gasteiger partial charge in [-0.1, -0.05) is 6.92 Å². The first-order valence-corrected chi connectivity index (χ1v) is 10.1. The Morgan fingerprint density at radius 2 is 1.93 bits per heavy atom. The number of hydrogen-bond acceptors (Lipinski definition) is 6. The first kappa shape index (κ1) is 18.6. The lowest BCUT2D eigenvalue weighted by Gasteiger charge is -2.21. The Kier molecular flexibility index (Phi) is 5.13. The molecule has 0 saturated carbocycles. The summed E-state index contributed by atoms with van der Waals surface area (Å²) in [6.45, 7) is 3.05. The van der Waals surface area contributed by atoms with Crippen LogP contribution in [0.4, 0.5) is 0 Å². The minimum atomic E-state index is -0.460. The van der Waals surface area contributed by atoms with Crippen LogP contribution < -0.4 is 25.1 Å². The number of aryl methyl sites for hydroxylation is 1. The molecule has 28 heavy (non-hydrogen) atoms. The second kappa shape index (κ2) is 7.71. The smallest absolute Gasteiger partial charge is 0.279 e. The van der Waals surface area contributed by atoms with E-state index in [1.54, 1.807) is 12.1 Å². The number of amides is 2. The van der Waals surface area contributed by atoms with Crippen LogP contribution in [0.1, 0.15) is 43.8 Å². The molecule has 1 aromatic carbocycles. The van der Waals surface area contributed by atoms with E-state index in [1.807, 2.05) is 6.07 Å². The van der Waals surface area contributed by atoms with Gasteiger partial charge in [0.1, 0.15) is 13.2 Å². The molecule has 1 aromatic heterocycles. The summed E-state index contributed by atoms with van der Waals surface area (Å²) in [5, 5.41) is 0. The summed E-state index contributed by atoms with van der Waals surface area (Å²) in [6.07, 6.45) is 3.16. The molecule has 2 aromatic rings. The van der Waals surface area contributed by atoms with Crippen LogP contribution in [-0.2, 0) is 12.8 Å². The number of carbonyl (C=O) groups is 2. The third kappa shape index (κ3) is 3.64. The number of hydrogen-bond donors (Lipinski definition) is 2. The van der Waals surface area contributed by atoms with E-state index in [0.717, 1.165) is 19.3 Å². The fourth-order valence-electron chi connectivity index (χ4n) is 3.47. The van der Waals surface area contributed by atoms with Gasteiger partial charge < -0.3 is 14.2 Å². The molecule has 4 rings (SSSR count). The lowest BCUT2D eigenvalue weighted by Crippen LogP contribution is -2.41. The molecule has 2 N–H and O–H groups in total. The molecular formula is C20H22N2O5S. The fourth-order valence-corrected chi connectivity index (χ4v) is 4.57. The Labute approximate surface area is 167 Å². The van der Waals surface area contributed by atoms with Crippen molar-refractivity contribution in [1.82, 2.24) is 10.9 Å². The molecule has 1 unspecified atom stereocenters. The van der Waals surface area contributed by atoms with Gasteiger partial charge >= 0.3 is 0 Å². The number of methoxy groups -OCH3 is 1. The zero-order valence-electron chi connectivity index (χ0n) is 15.8. The number of nitrogens with one attached hydrogen (secondary N) is 2. The number of hydrazine groups is 1. The molecule has 0 saturated heterocycles. The molecule has 2 amide bonds. The summed E-state index contributed by atoms with van der Waals surface area (Å²) < 4.78 is 16.4. The van der Waals surface area contributed by atoms with Crippen LogP contribution in [-0.4, -0.2) is 32.1 Å². The molecular weight excluding hydrogens is 380 g/mol. The number of ether oxygens (including phenoxy) is 3. The van der Waals surface area contributed by atoms with Crippen LogP contribution in [0.3, 0.4) is 0 Å². The van der Waals surface area contributed by atoms with Crippen LogP contribution in [0.2, 0.25) is 0 Å². The molecule has 0 spiro atoms. The van der Waals surface area contributed by atoms with E-state index in [4.69, 9.17) is 14.2 Å². The Hall–Kier alpha value is -2.74. The van der Waals surface area contributed by atoms with Crippen molar-refractivity contribution >= 4 is 23.2 Å². The van der Waals surface area contributed by atoms with Gasteiger partial charge in [0.2, 0.25) is 5.75 Å². The first-order valence-electron chi connectivity index (χ1n) is 9.25. The standard InChI is InChI=1S/C20H22N2O5S/c1-11-3-4-16-12(7-11)10-17(28-16)20(24)22-21-19(23)13-8-14(25-2)18-15(9-13)26-5-6-27-18/h8-11H,3-7H2,1-2H3,(H,21,23)(H,22,24). The minimum absolute atomic E-state index is 0.306. The third-order valence-electron chi connectivity index (χ3n) is 4.93. The molecule has 2 aliphatic rings. The third-order valence-corrected chi connectivity index (χ3v) is 6.17. The monoisotopic (exact) mass is 402 g/mol. The first-order chi connectivity index (χ1) is 13.5. The number of thiophene rings is 1. The van der Waals surface area contributed by atoms with Gasteiger partial charge in [-0.15, -0.1) is 11.3 Å². The lowest BCUT2D eigenvalue weighted by atomic mass is 9.90. The quantitative estimate of drug-likeness (QED) is 0.771. The van der Waals surface area contributed by atoms with Crippen molar-refractivity contribution in [3.63, 3.8) is 0 Å². The highest BCUT2D eigenvalue weighted by molar-refractivity contribution is 7.14. The second-order valence-corrected chi connectivity index (χ2v) is 8.15. The van der Waals surface area contributed by atoms with Gasteiger partial charge in [0, 0.05) is 10.4 Å². The van der Waals surface area contributed by atoms with Crippen molar-refractivity contribution in [3.8, 4) is 17.2 Å². The number of benzene rings is 1. The molecule has 7 nitrogen and oxygen atoms in total. The van der Waals surface area contributed by atoms with Gasteiger partial charge in [0.05, 0.1) is 12.0 Å². The zero-order valence-corrected chi connectivity index (χ0v) is 16.6. The highest BCUT2D eigenvalue weighted by Gasteiger charge is 2.23. The maximum absolute atomic E-state index is 12.5. The summed E-state index contributed by atoms with van der Waals surface area (Å²) in [4.78, 5) is 26.8. The largest absolute Gasteiger partial charge is 0.493 e. The summed E-state index contributed by atoms with van der Waals surface area (Å²) in [5.74, 6) is 1.20. The summed E-state index contributed by atoms with van der Waals surface area (Å²) in [5.41, 5.74) is 6.51. The SMILES string of the molecule is COc1cc(C(=O)NNC(=O)c2cc3c(s2)CCC(C)C3)cc2c1OCCO2. The molecule has 0 bridgehead atoms.